The van der Waals surface area contributed by atoms with Crippen molar-refractivity contribution in [1.82, 2.24) is 15.4 Å². The van der Waals surface area contributed by atoms with Crippen molar-refractivity contribution in [2.75, 3.05) is 11.9 Å². The first-order valence-corrected chi connectivity index (χ1v) is 12.2. The Morgan fingerprint density at radius 2 is 2.15 bits per heavy atom. The largest absolute Gasteiger partial charge is 0.574 e. The number of rotatable bonds is 9. The van der Waals surface area contributed by atoms with E-state index < -0.39 is 12.2 Å². The molecule has 184 valence electrons. The van der Waals surface area contributed by atoms with E-state index in [1.807, 2.05) is 13.1 Å². The summed E-state index contributed by atoms with van der Waals surface area (Å²) in [5, 5.41) is 5.41. The summed E-state index contributed by atoms with van der Waals surface area (Å²) in [6, 6.07) is 4.29. The van der Waals surface area contributed by atoms with Crippen LogP contribution in [0, 0.1) is 11.8 Å². The molecule has 2 N–H and O–H groups in total. The van der Waals surface area contributed by atoms with Crippen LogP contribution in [-0.4, -0.2) is 28.9 Å². The molecule has 3 heterocycles. The predicted molar refractivity (Wildman–Crippen MR) is 128 cm³/mol. The van der Waals surface area contributed by atoms with Gasteiger partial charge in [-0.15, -0.1) is 13.2 Å². The Morgan fingerprint density at radius 1 is 1.32 bits per heavy atom. The van der Waals surface area contributed by atoms with Gasteiger partial charge in [0.05, 0.1) is 11.7 Å². The second-order valence-electron chi connectivity index (χ2n) is 9.11. The van der Waals surface area contributed by atoms with Crippen LogP contribution in [-0.2, 0) is 0 Å². The number of nitrogens with one attached hydrogen (secondary N) is 2. The van der Waals surface area contributed by atoms with Crippen LogP contribution in [0.4, 0.5) is 19.0 Å². The molecule has 34 heavy (non-hydrogen) atoms. The average Bonchev–Trinajstić information content (AvgIpc) is 3.63. The van der Waals surface area contributed by atoms with Crippen LogP contribution in [0.3, 0.4) is 0 Å². The van der Waals surface area contributed by atoms with E-state index >= 15 is 0 Å². The number of hydrazine groups is 1. The molecule has 1 aromatic heterocycles. The number of anilines is 1. The summed E-state index contributed by atoms with van der Waals surface area (Å²) >= 11 is 0. The van der Waals surface area contributed by atoms with Crippen LogP contribution in [0.2, 0.25) is 0 Å². The number of alkyl halides is 3. The van der Waals surface area contributed by atoms with Crippen molar-refractivity contribution in [3.8, 4) is 5.88 Å². The van der Waals surface area contributed by atoms with E-state index in [1.54, 1.807) is 6.07 Å². The fourth-order valence-electron chi connectivity index (χ4n) is 4.72. The molecular weight excluding hydrogens is 441 g/mol. The maximum absolute atomic E-state index is 12.6. The summed E-state index contributed by atoms with van der Waals surface area (Å²) in [6.07, 6.45) is 12.9. The number of piperidine rings is 1. The highest BCUT2D eigenvalue weighted by atomic mass is 19.4. The molecule has 1 aromatic rings. The summed E-state index contributed by atoms with van der Waals surface area (Å²) < 4.78 is 41.8. The summed E-state index contributed by atoms with van der Waals surface area (Å²) in [7, 11) is 0. The number of nitrogens with zero attached hydrogens (tertiary/aromatic N) is 2. The fourth-order valence-corrected chi connectivity index (χ4v) is 4.72. The summed E-state index contributed by atoms with van der Waals surface area (Å²) in [4.78, 5) is 4.00. The third-order valence-electron chi connectivity index (χ3n) is 6.41. The fraction of sp³-hybridized carbons (Fsp3) is 0.500. The number of ether oxygens (including phenoxy) is 1. The van der Waals surface area contributed by atoms with Gasteiger partial charge in [0, 0.05) is 24.4 Å². The number of fused-ring (bicyclic) bond motifs is 1. The highest BCUT2D eigenvalue weighted by molar-refractivity contribution is 5.51. The predicted octanol–water partition coefficient (Wildman–Crippen LogP) is 6.47. The lowest BCUT2D eigenvalue weighted by atomic mass is 9.91. The second kappa shape index (κ2) is 10.6. The van der Waals surface area contributed by atoms with Gasteiger partial charge in [-0.25, -0.2) is 0 Å². The SMILES string of the molecule is C/C=C\C(=C/C(CCC)C1CC1)C1=CNN2CCCC(Nc3cccc(OC(F)(F)F)n3)C2=C1. The molecule has 0 radical (unpaired) electrons. The Balaban J connectivity index is 1.56. The quantitative estimate of drug-likeness (QED) is 0.402. The zero-order chi connectivity index (χ0) is 24.1. The summed E-state index contributed by atoms with van der Waals surface area (Å²) in [6.45, 7) is 5.13. The molecule has 3 aliphatic rings. The van der Waals surface area contributed by atoms with E-state index in [0.29, 0.717) is 11.7 Å². The van der Waals surface area contributed by atoms with Crippen molar-refractivity contribution >= 4 is 5.82 Å². The topological polar surface area (TPSA) is 49.4 Å². The van der Waals surface area contributed by atoms with E-state index in [1.165, 1.54) is 43.4 Å². The minimum absolute atomic E-state index is 0.0830. The highest BCUT2D eigenvalue weighted by Crippen LogP contribution is 2.41. The minimum Gasteiger partial charge on any atom is -0.388 e. The molecule has 2 unspecified atom stereocenters. The molecular formula is C26H33F3N4O. The van der Waals surface area contributed by atoms with Gasteiger partial charge >= 0.3 is 6.36 Å². The average molecular weight is 475 g/mol. The summed E-state index contributed by atoms with van der Waals surface area (Å²) in [5.74, 6) is 1.27. The lowest BCUT2D eigenvalue weighted by Crippen LogP contribution is -2.47. The summed E-state index contributed by atoms with van der Waals surface area (Å²) in [5.41, 5.74) is 6.79. The molecule has 1 saturated heterocycles. The number of allylic oxidation sites excluding steroid dienone is 6. The number of aromatic nitrogens is 1. The Labute approximate surface area is 199 Å². The van der Waals surface area contributed by atoms with Crippen molar-refractivity contribution in [3.63, 3.8) is 0 Å². The van der Waals surface area contributed by atoms with Crippen LogP contribution in [0.25, 0.3) is 0 Å². The molecule has 1 saturated carbocycles. The number of pyridine rings is 1. The van der Waals surface area contributed by atoms with Crippen molar-refractivity contribution < 1.29 is 17.9 Å². The van der Waals surface area contributed by atoms with Gasteiger partial charge in [0.25, 0.3) is 0 Å². The first kappa shape index (κ1) is 24.2. The van der Waals surface area contributed by atoms with Crippen molar-refractivity contribution in [1.29, 1.82) is 0 Å². The van der Waals surface area contributed by atoms with Gasteiger partial charge in [-0.1, -0.05) is 37.6 Å². The molecule has 2 fully saturated rings. The zero-order valence-corrected chi connectivity index (χ0v) is 19.7. The first-order chi connectivity index (χ1) is 16.4. The van der Waals surface area contributed by atoms with Gasteiger partial charge in [0.2, 0.25) is 5.88 Å². The van der Waals surface area contributed by atoms with Crippen LogP contribution >= 0.6 is 0 Å². The molecule has 0 amide bonds. The molecule has 2 atom stereocenters. The van der Waals surface area contributed by atoms with Gasteiger partial charge in [-0.2, -0.15) is 4.98 Å². The van der Waals surface area contributed by atoms with Crippen LogP contribution in [0.5, 0.6) is 5.88 Å². The molecule has 0 spiro atoms. The highest BCUT2D eigenvalue weighted by Gasteiger charge is 2.33. The third kappa shape index (κ3) is 6.36. The van der Waals surface area contributed by atoms with Crippen molar-refractivity contribution in [2.24, 2.45) is 11.8 Å². The Morgan fingerprint density at radius 3 is 2.85 bits per heavy atom. The Hall–Kier alpha value is -2.90. The van der Waals surface area contributed by atoms with E-state index in [2.05, 4.69) is 56.7 Å². The van der Waals surface area contributed by atoms with E-state index in [0.717, 1.165) is 36.6 Å². The van der Waals surface area contributed by atoms with Crippen LogP contribution < -0.4 is 15.5 Å². The Kier molecular flexibility index (Phi) is 7.54. The zero-order valence-electron chi connectivity index (χ0n) is 19.7. The van der Waals surface area contributed by atoms with Gasteiger partial charge in [-0.05, 0) is 68.6 Å². The molecule has 1 aliphatic carbocycles. The normalized spacial score (nSPS) is 22.0. The number of halogens is 3. The maximum atomic E-state index is 12.6. The molecule has 8 heteroatoms. The molecule has 0 bridgehead atoms. The lowest BCUT2D eigenvalue weighted by molar-refractivity contribution is -0.276. The minimum atomic E-state index is -4.77. The Bertz CT molecular complexity index is 979. The second-order valence-corrected chi connectivity index (χ2v) is 9.11. The van der Waals surface area contributed by atoms with E-state index in [-0.39, 0.29) is 6.04 Å². The monoisotopic (exact) mass is 474 g/mol. The molecule has 5 nitrogen and oxygen atoms in total. The van der Waals surface area contributed by atoms with Gasteiger partial charge < -0.3 is 15.5 Å². The standard InChI is InChI=1S/C26H33F3N4O/c1-3-7-19(18-12-13-18)15-20(8-4-2)21-16-23-22(9-6-14-33(23)30-17-21)31-24-10-5-11-25(32-24)34-26(27,28)29/h4-5,8,10-11,15-19,22,30H,3,6-7,9,12-14H2,1-2H3,(H,31,32)/b8-4-,20-15+. The van der Waals surface area contributed by atoms with Crippen LogP contribution in [0.1, 0.15) is 52.4 Å². The molecule has 2 aliphatic heterocycles. The first-order valence-electron chi connectivity index (χ1n) is 12.2. The van der Waals surface area contributed by atoms with E-state index in [9.17, 15) is 13.2 Å². The van der Waals surface area contributed by atoms with Gasteiger partial charge in [0.1, 0.15) is 5.82 Å². The van der Waals surface area contributed by atoms with E-state index in [4.69, 9.17) is 0 Å². The molecule has 0 aromatic carbocycles. The van der Waals surface area contributed by atoms with Crippen LogP contribution in [0.15, 0.2) is 65.5 Å². The maximum Gasteiger partial charge on any atom is 0.574 e. The van der Waals surface area contributed by atoms with Gasteiger partial charge in [-0.3, -0.25) is 5.01 Å². The molecule has 4 rings (SSSR count). The van der Waals surface area contributed by atoms with Crippen molar-refractivity contribution in [2.45, 2.75) is 64.8 Å². The number of hydrogen-bond acceptors (Lipinski definition) is 5. The third-order valence-corrected chi connectivity index (χ3v) is 6.41. The van der Waals surface area contributed by atoms with Crippen molar-refractivity contribution in [3.05, 3.63) is 65.5 Å². The van der Waals surface area contributed by atoms with Gasteiger partial charge in [0.15, 0.2) is 0 Å². The lowest BCUT2D eigenvalue weighted by Gasteiger charge is -2.40. The smallest absolute Gasteiger partial charge is 0.388 e. The number of hydrogen-bond donors (Lipinski definition) is 2.